The van der Waals surface area contributed by atoms with Crippen molar-refractivity contribution >= 4 is 21.6 Å². The Bertz CT molecular complexity index is 463. The average Bonchev–Trinajstić information content (AvgIpc) is 3.23. The maximum Gasteiger partial charge on any atom is 0.0426 e. The Hall–Kier alpha value is -0.580. The summed E-state index contributed by atoms with van der Waals surface area (Å²) in [6.45, 7) is 7.97. The van der Waals surface area contributed by atoms with E-state index in [9.17, 15) is 0 Å². The molecule has 1 aliphatic carbocycles. The lowest BCUT2D eigenvalue weighted by atomic mass is 10.1. The molecule has 0 bridgehead atoms. The van der Waals surface area contributed by atoms with Gasteiger partial charge >= 0.3 is 0 Å². The Balaban J connectivity index is 1.68. The number of hydrogen-bond donors (Lipinski definition) is 1. The predicted molar refractivity (Wildman–Crippen MR) is 88.1 cm³/mol. The summed E-state index contributed by atoms with van der Waals surface area (Å²) in [5.74, 6) is 0.993. The van der Waals surface area contributed by atoms with Crippen molar-refractivity contribution in [3.8, 4) is 0 Å². The first-order valence-electron chi connectivity index (χ1n) is 7.66. The van der Waals surface area contributed by atoms with Gasteiger partial charge in [-0.25, -0.2) is 0 Å². The first kappa shape index (κ1) is 14.4. The van der Waals surface area contributed by atoms with Crippen LogP contribution in [0.5, 0.6) is 0 Å². The first-order chi connectivity index (χ1) is 9.63. The van der Waals surface area contributed by atoms with Gasteiger partial charge in [-0.1, -0.05) is 22.0 Å². The molecule has 1 saturated heterocycles. The summed E-state index contributed by atoms with van der Waals surface area (Å²) in [6, 6.07) is 6.55. The third kappa shape index (κ3) is 3.35. The molecule has 0 spiro atoms. The minimum atomic E-state index is 0.0857. The van der Waals surface area contributed by atoms with Gasteiger partial charge in [0, 0.05) is 48.9 Å². The Labute approximate surface area is 130 Å². The highest BCUT2D eigenvalue weighted by molar-refractivity contribution is 9.10. The van der Waals surface area contributed by atoms with Crippen LogP contribution in [0.3, 0.4) is 0 Å². The van der Waals surface area contributed by atoms with E-state index in [2.05, 4.69) is 50.9 Å². The molecule has 2 fully saturated rings. The van der Waals surface area contributed by atoms with Crippen LogP contribution in [0.25, 0.3) is 0 Å². The molecule has 20 heavy (non-hydrogen) atoms. The van der Waals surface area contributed by atoms with E-state index in [1.54, 1.807) is 0 Å². The van der Waals surface area contributed by atoms with Crippen LogP contribution in [0, 0.1) is 5.92 Å². The maximum atomic E-state index is 6.12. The van der Waals surface area contributed by atoms with Crippen molar-refractivity contribution in [2.75, 3.05) is 37.6 Å². The van der Waals surface area contributed by atoms with Crippen LogP contribution in [-0.2, 0) is 0 Å². The highest BCUT2D eigenvalue weighted by Gasteiger charge is 2.27. The predicted octanol–water partition coefficient (Wildman–Crippen LogP) is 3.00. The van der Waals surface area contributed by atoms with E-state index in [1.807, 2.05) is 0 Å². The van der Waals surface area contributed by atoms with Gasteiger partial charge < -0.3 is 10.6 Å². The molecule has 1 aliphatic heterocycles. The smallest absolute Gasteiger partial charge is 0.0426 e. The summed E-state index contributed by atoms with van der Waals surface area (Å²) in [7, 11) is 0. The van der Waals surface area contributed by atoms with Crippen molar-refractivity contribution in [1.29, 1.82) is 0 Å². The Morgan fingerprint density at radius 3 is 2.55 bits per heavy atom. The Morgan fingerprint density at radius 2 is 1.95 bits per heavy atom. The topological polar surface area (TPSA) is 32.5 Å². The summed E-state index contributed by atoms with van der Waals surface area (Å²) in [5, 5.41) is 0. The summed E-state index contributed by atoms with van der Waals surface area (Å²) in [4.78, 5) is 5.12. The van der Waals surface area contributed by atoms with E-state index in [4.69, 9.17) is 5.73 Å². The minimum absolute atomic E-state index is 0.0857. The van der Waals surface area contributed by atoms with Crippen molar-refractivity contribution in [3.63, 3.8) is 0 Å². The molecule has 4 heteroatoms. The van der Waals surface area contributed by atoms with Crippen LogP contribution in [0.15, 0.2) is 22.7 Å². The molecule has 1 saturated carbocycles. The first-order valence-corrected chi connectivity index (χ1v) is 8.45. The lowest BCUT2D eigenvalue weighted by Crippen LogP contribution is -2.47. The quantitative estimate of drug-likeness (QED) is 0.916. The second-order valence-electron chi connectivity index (χ2n) is 6.22. The fraction of sp³-hybridized carbons (Fsp3) is 0.625. The molecule has 1 aromatic carbocycles. The molecular formula is C16H24BrN3. The fourth-order valence-electron chi connectivity index (χ4n) is 3.01. The SMILES string of the molecule is CC(N)c1ccc(Br)cc1N1CCN(CC2CC2)CC1. The van der Waals surface area contributed by atoms with Gasteiger partial charge in [-0.3, -0.25) is 4.90 Å². The molecule has 2 aliphatic rings. The summed E-state index contributed by atoms with van der Waals surface area (Å²) in [6.07, 6.45) is 2.89. The molecule has 1 unspecified atom stereocenters. The second kappa shape index (κ2) is 6.04. The van der Waals surface area contributed by atoms with Crippen molar-refractivity contribution in [2.24, 2.45) is 11.7 Å². The summed E-state index contributed by atoms with van der Waals surface area (Å²) in [5.41, 5.74) is 8.68. The van der Waals surface area contributed by atoms with Gasteiger partial charge in [0.15, 0.2) is 0 Å². The Kier molecular flexibility index (Phi) is 4.34. The van der Waals surface area contributed by atoms with Crippen molar-refractivity contribution < 1.29 is 0 Å². The molecule has 3 nitrogen and oxygen atoms in total. The van der Waals surface area contributed by atoms with Gasteiger partial charge in [0.1, 0.15) is 0 Å². The standard InChI is InChI=1S/C16H24BrN3/c1-12(18)15-5-4-14(17)10-16(15)20-8-6-19(7-9-20)11-13-2-3-13/h4-5,10,12-13H,2-3,6-9,11,18H2,1H3. The molecule has 1 atom stereocenters. The molecule has 0 aromatic heterocycles. The molecule has 1 aromatic rings. The fourth-order valence-corrected chi connectivity index (χ4v) is 3.36. The van der Waals surface area contributed by atoms with Gasteiger partial charge in [-0.15, -0.1) is 0 Å². The number of anilines is 1. The number of benzene rings is 1. The van der Waals surface area contributed by atoms with E-state index in [1.165, 1.54) is 43.7 Å². The number of piperazine rings is 1. The maximum absolute atomic E-state index is 6.12. The van der Waals surface area contributed by atoms with Crippen LogP contribution in [-0.4, -0.2) is 37.6 Å². The van der Waals surface area contributed by atoms with Gasteiger partial charge in [0.2, 0.25) is 0 Å². The lowest BCUT2D eigenvalue weighted by molar-refractivity contribution is 0.248. The zero-order valence-corrected chi connectivity index (χ0v) is 13.8. The number of nitrogens with zero attached hydrogens (tertiary/aromatic N) is 2. The lowest BCUT2D eigenvalue weighted by Gasteiger charge is -2.37. The third-order valence-corrected chi connectivity index (χ3v) is 4.90. The highest BCUT2D eigenvalue weighted by Crippen LogP contribution is 2.32. The zero-order chi connectivity index (χ0) is 14.1. The van der Waals surface area contributed by atoms with Crippen LogP contribution >= 0.6 is 15.9 Å². The molecule has 2 N–H and O–H groups in total. The molecule has 0 radical (unpaired) electrons. The summed E-state index contributed by atoms with van der Waals surface area (Å²) < 4.78 is 1.14. The van der Waals surface area contributed by atoms with Crippen LogP contribution in [0.2, 0.25) is 0 Å². The Morgan fingerprint density at radius 1 is 1.25 bits per heavy atom. The van der Waals surface area contributed by atoms with E-state index < -0.39 is 0 Å². The van der Waals surface area contributed by atoms with E-state index >= 15 is 0 Å². The number of rotatable bonds is 4. The third-order valence-electron chi connectivity index (χ3n) is 4.41. The second-order valence-corrected chi connectivity index (χ2v) is 7.14. The van der Waals surface area contributed by atoms with E-state index in [0.29, 0.717) is 0 Å². The molecular weight excluding hydrogens is 314 g/mol. The van der Waals surface area contributed by atoms with Crippen molar-refractivity contribution in [1.82, 2.24) is 4.90 Å². The molecule has 3 rings (SSSR count). The summed E-state index contributed by atoms with van der Waals surface area (Å²) >= 11 is 3.59. The monoisotopic (exact) mass is 337 g/mol. The van der Waals surface area contributed by atoms with Crippen molar-refractivity contribution in [3.05, 3.63) is 28.2 Å². The molecule has 0 amide bonds. The van der Waals surface area contributed by atoms with Crippen molar-refractivity contribution in [2.45, 2.75) is 25.8 Å². The van der Waals surface area contributed by atoms with E-state index in [-0.39, 0.29) is 6.04 Å². The van der Waals surface area contributed by atoms with Crippen LogP contribution < -0.4 is 10.6 Å². The molecule has 110 valence electrons. The van der Waals surface area contributed by atoms with Crippen LogP contribution in [0.4, 0.5) is 5.69 Å². The van der Waals surface area contributed by atoms with Gasteiger partial charge in [-0.05, 0) is 43.4 Å². The molecule has 1 heterocycles. The number of nitrogens with two attached hydrogens (primary N) is 1. The largest absolute Gasteiger partial charge is 0.369 e. The normalized spacial score (nSPS) is 22.1. The number of hydrogen-bond acceptors (Lipinski definition) is 3. The average molecular weight is 338 g/mol. The highest BCUT2D eigenvalue weighted by atomic mass is 79.9. The number of halogens is 1. The van der Waals surface area contributed by atoms with E-state index in [0.717, 1.165) is 23.5 Å². The van der Waals surface area contributed by atoms with Crippen LogP contribution in [0.1, 0.15) is 31.4 Å². The zero-order valence-electron chi connectivity index (χ0n) is 12.2. The van der Waals surface area contributed by atoms with Gasteiger partial charge in [-0.2, -0.15) is 0 Å². The van der Waals surface area contributed by atoms with Gasteiger partial charge in [0.05, 0.1) is 0 Å². The minimum Gasteiger partial charge on any atom is -0.369 e. The van der Waals surface area contributed by atoms with Gasteiger partial charge in [0.25, 0.3) is 0 Å².